The minimum atomic E-state index is -0.718. The van der Waals surface area contributed by atoms with Gasteiger partial charge in [0.1, 0.15) is 18.5 Å². The van der Waals surface area contributed by atoms with Crippen molar-refractivity contribution in [3.05, 3.63) is 101 Å². The highest BCUT2D eigenvalue weighted by molar-refractivity contribution is 5.94. The van der Waals surface area contributed by atoms with Crippen molar-refractivity contribution >= 4 is 18.0 Å². The molecule has 4 aliphatic rings. The Labute approximate surface area is 270 Å². The third kappa shape index (κ3) is 8.07. The van der Waals surface area contributed by atoms with Crippen molar-refractivity contribution in [1.82, 2.24) is 15.5 Å². The summed E-state index contributed by atoms with van der Waals surface area (Å²) in [5.41, 5.74) is 3.34. The van der Waals surface area contributed by atoms with E-state index in [1.165, 1.54) is 0 Å². The van der Waals surface area contributed by atoms with E-state index in [1.54, 1.807) is 12.1 Å². The van der Waals surface area contributed by atoms with Crippen LogP contribution in [-0.2, 0) is 16.1 Å². The zero-order chi connectivity index (χ0) is 31.9. The van der Waals surface area contributed by atoms with Gasteiger partial charge in [-0.05, 0) is 104 Å². The molecule has 3 aliphatic heterocycles. The van der Waals surface area contributed by atoms with Crippen LogP contribution in [0.15, 0.2) is 78.9 Å². The normalized spacial score (nSPS) is 24.4. The summed E-state index contributed by atoms with van der Waals surface area (Å²) in [6.07, 6.45) is 4.65. The number of hydrogen-bond donors (Lipinski definition) is 3. The molecule has 3 saturated heterocycles. The first kappa shape index (κ1) is 31.6. The number of carbonyl (C=O) groups excluding carboxylic acids is 2. The summed E-state index contributed by atoms with van der Waals surface area (Å²) >= 11 is 0. The summed E-state index contributed by atoms with van der Waals surface area (Å²) < 4.78 is 12.1. The van der Waals surface area contributed by atoms with E-state index < -0.39 is 18.1 Å². The number of alkyl carbamates (subject to hydrolysis) is 1. The van der Waals surface area contributed by atoms with Gasteiger partial charge in [0, 0.05) is 18.7 Å². The average molecular weight is 626 g/mol. The van der Waals surface area contributed by atoms with Crippen LogP contribution >= 0.6 is 0 Å². The van der Waals surface area contributed by atoms with Crippen LogP contribution in [0.4, 0.5) is 4.79 Å². The van der Waals surface area contributed by atoms with Gasteiger partial charge in [0.15, 0.2) is 0 Å². The Balaban J connectivity index is 1.03. The first-order chi connectivity index (χ1) is 22.4. The first-order valence-corrected chi connectivity index (χ1v) is 16.5. The predicted molar refractivity (Wildman–Crippen MR) is 173 cm³/mol. The molecule has 2 amide bonds. The smallest absolute Gasteiger partial charge is 0.408 e. The fraction of sp³-hybridized carbons (Fsp3) is 0.432. The van der Waals surface area contributed by atoms with E-state index in [0.717, 1.165) is 62.0 Å². The van der Waals surface area contributed by atoms with Crippen molar-refractivity contribution < 1.29 is 29.0 Å². The number of aliphatic carboxylic acids is 1. The van der Waals surface area contributed by atoms with E-state index in [1.807, 2.05) is 66.7 Å². The zero-order valence-electron chi connectivity index (χ0n) is 26.1. The van der Waals surface area contributed by atoms with Gasteiger partial charge < -0.3 is 25.2 Å². The second kappa shape index (κ2) is 14.8. The van der Waals surface area contributed by atoms with E-state index in [2.05, 4.69) is 15.5 Å². The Hall–Kier alpha value is -4.37. The molecule has 1 aliphatic carbocycles. The molecular weight excluding hydrogens is 582 g/mol. The highest BCUT2D eigenvalue weighted by atomic mass is 16.6. The fourth-order valence-corrected chi connectivity index (χ4v) is 6.99. The Bertz CT molecular complexity index is 1480. The molecule has 0 spiro atoms. The Morgan fingerprint density at radius 3 is 2.24 bits per heavy atom. The maximum Gasteiger partial charge on any atom is 0.408 e. The lowest BCUT2D eigenvalue weighted by Gasteiger charge is -2.43. The largest absolute Gasteiger partial charge is 0.489 e. The van der Waals surface area contributed by atoms with Gasteiger partial charge in [-0.25, -0.2) is 4.79 Å². The first-order valence-electron chi connectivity index (χ1n) is 16.5. The van der Waals surface area contributed by atoms with Gasteiger partial charge in [-0.15, -0.1) is 0 Å². The van der Waals surface area contributed by atoms with Crippen LogP contribution < -0.4 is 15.4 Å². The summed E-state index contributed by atoms with van der Waals surface area (Å²) in [4.78, 5) is 39.4. The van der Waals surface area contributed by atoms with E-state index in [4.69, 9.17) is 9.47 Å². The lowest BCUT2D eigenvalue weighted by molar-refractivity contribution is -0.143. The van der Waals surface area contributed by atoms with E-state index >= 15 is 0 Å². The molecule has 1 saturated carbocycles. The number of nitrogens with one attached hydrogen (secondary N) is 2. The number of nitrogens with zero attached hydrogens (tertiary/aromatic N) is 1. The molecule has 3 aromatic rings. The predicted octanol–water partition coefficient (Wildman–Crippen LogP) is 5.80. The van der Waals surface area contributed by atoms with Crippen LogP contribution in [0, 0.1) is 17.8 Å². The number of benzene rings is 3. The third-order valence-corrected chi connectivity index (χ3v) is 9.81. The molecule has 7 rings (SSSR count). The monoisotopic (exact) mass is 625 g/mol. The van der Waals surface area contributed by atoms with Crippen molar-refractivity contribution in [2.75, 3.05) is 26.2 Å². The molecule has 46 heavy (non-hydrogen) atoms. The van der Waals surface area contributed by atoms with Crippen LogP contribution in [-0.4, -0.2) is 60.3 Å². The number of carboxylic acid groups (broad SMARTS) is 1. The molecule has 4 fully saturated rings. The maximum absolute atomic E-state index is 13.1. The van der Waals surface area contributed by atoms with Gasteiger partial charge in [-0.2, -0.15) is 0 Å². The molecular formula is C37H43N3O6. The SMILES string of the molecule is O=C(NC(c1ccccc1)c1cccc(OCc2ccc(C(=O)NCC3CCC(C(=O)O)CC3)cc2)c1)O[C@H]1CN2CCC1CC2. The number of piperidine rings is 3. The van der Waals surface area contributed by atoms with Crippen LogP contribution in [0.25, 0.3) is 0 Å². The summed E-state index contributed by atoms with van der Waals surface area (Å²) in [5.74, 6) is 0.315. The minimum absolute atomic E-state index is 0.0727. The summed E-state index contributed by atoms with van der Waals surface area (Å²) in [7, 11) is 0. The highest BCUT2D eigenvalue weighted by Gasteiger charge is 2.37. The topological polar surface area (TPSA) is 117 Å². The van der Waals surface area contributed by atoms with Crippen molar-refractivity contribution in [2.45, 2.75) is 57.3 Å². The lowest BCUT2D eigenvalue weighted by atomic mass is 9.82. The van der Waals surface area contributed by atoms with Crippen molar-refractivity contribution in [2.24, 2.45) is 17.8 Å². The lowest BCUT2D eigenvalue weighted by Crippen LogP contribution is -2.52. The van der Waals surface area contributed by atoms with Gasteiger partial charge in [-0.1, -0.05) is 54.6 Å². The number of amides is 2. The summed E-state index contributed by atoms with van der Waals surface area (Å²) in [5, 5.41) is 15.3. The van der Waals surface area contributed by atoms with Gasteiger partial charge >= 0.3 is 12.1 Å². The fourth-order valence-electron chi connectivity index (χ4n) is 6.99. The maximum atomic E-state index is 13.1. The number of ether oxygens (including phenoxy) is 2. The van der Waals surface area contributed by atoms with Crippen LogP contribution in [0.2, 0.25) is 0 Å². The summed E-state index contributed by atoms with van der Waals surface area (Å²) in [6.45, 7) is 3.86. The van der Waals surface area contributed by atoms with Crippen molar-refractivity contribution in [3.63, 3.8) is 0 Å². The Morgan fingerprint density at radius 1 is 0.848 bits per heavy atom. The molecule has 1 unspecified atom stereocenters. The van der Waals surface area contributed by atoms with Gasteiger partial charge in [-0.3, -0.25) is 14.5 Å². The summed E-state index contributed by atoms with van der Waals surface area (Å²) in [6, 6.07) is 24.5. The number of rotatable bonds is 11. The van der Waals surface area contributed by atoms with Gasteiger partial charge in [0.25, 0.3) is 5.91 Å². The minimum Gasteiger partial charge on any atom is -0.489 e. The van der Waals surface area contributed by atoms with Crippen LogP contribution in [0.5, 0.6) is 5.75 Å². The molecule has 3 N–H and O–H groups in total. The highest BCUT2D eigenvalue weighted by Crippen LogP contribution is 2.31. The molecule has 2 atom stereocenters. The molecule has 2 bridgehead atoms. The van der Waals surface area contributed by atoms with E-state index in [0.29, 0.717) is 49.1 Å². The number of fused-ring (bicyclic) bond motifs is 3. The molecule has 3 aromatic carbocycles. The second-order valence-corrected chi connectivity index (χ2v) is 12.9. The van der Waals surface area contributed by atoms with Gasteiger partial charge in [0.2, 0.25) is 0 Å². The zero-order valence-corrected chi connectivity index (χ0v) is 26.1. The van der Waals surface area contributed by atoms with Crippen molar-refractivity contribution in [1.29, 1.82) is 0 Å². The molecule has 9 heteroatoms. The number of carbonyl (C=O) groups is 3. The van der Waals surface area contributed by atoms with Crippen LogP contribution in [0.1, 0.15) is 71.6 Å². The molecule has 0 aromatic heterocycles. The van der Waals surface area contributed by atoms with Gasteiger partial charge in [0.05, 0.1) is 12.0 Å². The standard InChI is InChI=1S/C37H43N3O6/c41-35(38-22-25-9-15-30(16-10-25)36(42)43)29-13-11-26(12-14-29)24-45-32-8-4-7-31(21-32)34(28-5-2-1-3-6-28)39-37(44)46-33-23-40-19-17-27(33)18-20-40/h1-8,11-14,21,25,27,30,33-34H,9-10,15-20,22-24H2,(H,38,41)(H,39,44)(H,42,43)/t25?,30?,33-,34?/m0/s1. The number of carboxylic acids is 1. The Kier molecular flexibility index (Phi) is 10.2. The van der Waals surface area contributed by atoms with E-state index in [-0.39, 0.29) is 17.9 Å². The number of hydrogen-bond acceptors (Lipinski definition) is 6. The third-order valence-electron chi connectivity index (χ3n) is 9.81. The average Bonchev–Trinajstić information content (AvgIpc) is 3.10. The van der Waals surface area contributed by atoms with Crippen LogP contribution in [0.3, 0.4) is 0 Å². The van der Waals surface area contributed by atoms with E-state index in [9.17, 15) is 19.5 Å². The quantitative estimate of drug-likeness (QED) is 0.247. The molecule has 9 nitrogen and oxygen atoms in total. The second-order valence-electron chi connectivity index (χ2n) is 12.9. The Morgan fingerprint density at radius 2 is 1.57 bits per heavy atom. The molecule has 3 heterocycles. The molecule has 0 radical (unpaired) electrons. The van der Waals surface area contributed by atoms with Crippen molar-refractivity contribution in [3.8, 4) is 5.75 Å². The molecule has 242 valence electrons.